The van der Waals surface area contributed by atoms with E-state index in [9.17, 15) is 13.2 Å². The molecule has 6 nitrogen and oxygen atoms in total. The number of sulfonamides is 1. The van der Waals surface area contributed by atoms with Gasteiger partial charge >= 0.3 is 5.97 Å². The minimum atomic E-state index is -3.67. The van der Waals surface area contributed by atoms with E-state index in [0.717, 1.165) is 12.0 Å². The van der Waals surface area contributed by atoms with Crippen LogP contribution in [0.4, 0.5) is 0 Å². The van der Waals surface area contributed by atoms with Crippen molar-refractivity contribution >= 4 is 16.0 Å². The molecule has 0 saturated carbocycles. The zero-order valence-corrected chi connectivity index (χ0v) is 14.2. The molecule has 7 heteroatoms. The predicted octanol–water partition coefficient (Wildman–Crippen LogP) is 1.93. The normalized spacial score (nSPS) is 11.3. The van der Waals surface area contributed by atoms with Crippen LogP contribution in [0.5, 0.6) is 5.75 Å². The van der Waals surface area contributed by atoms with Crippen molar-refractivity contribution in [2.75, 3.05) is 20.3 Å². The lowest BCUT2D eigenvalue weighted by atomic mass is 10.1. The van der Waals surface area contributed by atoms with Crippen molar-refractivity contribution in [3.8, 4) is 5.75 Å². The molecule has 0 aliphatic carbocycles. The molecule has 1 N–H and O–H groups in total. The summed E-state index contributed by atoms with van der Waals surface area (Å²) in [4.78, 5) is 11.5. The quantitative estimate of drug-likeness (QED) is 0.737. The molecule has 0 heterocycles. The SMILES string of the molecule is CCCOC(=O)CCNS(=O)(=O)c1ccc(OC)c(C)c1C. The second-order valence-electron chi connectivity index (χ2n) is 4.88. The van der Waals surface area contributed by atoms with E-state index >= 15 is 0 Å². The Labute approximate surface area is 131 Å². The van der Waals surface area contributed by atoms with E-state index in [0.29, 0.717) is 17.9 Å². The van der Waals surface area contributed by atoms with E-state index in [1.807, 2.05) is 6.92 Å². The van der Waals surface area contributed by atoms with Gasteiger partial charge in [-0.2, -0.15) is 0 Å². The summed E-state index contributed by atoms with van der Waals surface area (Å²) in [6, 6.07) is 3.12. The maximum absolute atomic E-state index is 12.3. The number of benzene rings is 1. The average Bonchev–Trinajstić information content (AvgIpc) is 2.47. The molecule has 22 heavy (non-hydrogen) atoms. The fourth-order valence-electron chi connectivity index (χ4n) is 1.94. The van der Waals surface area contributed by atoms with Gasteiger partial charge in [0.1, 0.15) is 5.75 Å². The van der Waals surface area contributed by atoms with Crippen LogP contribution in [0.3, 0.4) is 0 Å². The van der Waals surface area contributed by atoms with Gasteiger partial charge in [-0.3, -0.25) is 4.79 Å². The summed E-state index contributed by atoms with van der Waals surface area (Å²) in [7, 11) is -2.13. The molecule has 1 rings (SSSR count). The molecule has 0 spiro atoms. The third-order valence-corrected chi connectivity index (χ3v) is 4.89. The number of carbonyl (C=O) groups is 1. The van der Waals surface area contributed by atoms with E-state index in [-0.39, 0.29) is 17.9 Å². The molecule has 0 aromatic heterocycles. The van der Waals surface area contributed by atoms with Gasteiger partial charge in [-0.15, -0.1) is 0 Å². The Morgan fingerprint density at radius 1 is 1.23 bits per heavy atom. The fourth-order valence-corrected chi connectivity index (χ4v) is 3.27. The van der Waals surface area contributed by atoms with Crippen molar-refractivity contribution in [3.63, 3.8) is 0 Å². The first-order valence-corrected chi connectivity index (χ1v) is 8.61. The minimum Gasteiger partial charge on any atom is -0.496 e. The lowest BCUT2D eigenvalue weighted by Crippen LogP contribution is -2.27. The highest BCUT2D eigenvalue weighted by molar-refractivity contribution is 7.89. The van der Waals surface area contributed by atoms with Crippen LogP contribution in [-0.4, -0.2) is 34.6 Å². The van der Waals surface area contributed by atoms with E-state index in [2.05, 4.69) is 4.72 Å². The molecule has 0 amide bonds. The highest BCUT2D eigenvalue weighted by Gasteiger charge is 2.19. The van der Waals surface area contributed by atoms with Crippen LogP contribution in [0, 0.1) is 13.8 Å². The molecule has 0 fully saturated rings. The topological polar surface area (TPSA) is 81.7 Å². The van der Waals surface area contributed by atoms with Crippen molar-refractivity contribution in [1.29, 1.82) is 0 Å². The number of hydrogen-bond donors (Lipinski definition) is 1. The number of esters is 1. The van der Waals surface area contributed by atoms with Gasteiger partial charge in [-0.1, -0.05) is 6.92 Å². The summed E-state index contributed by atoms with van der Waals surface area (Å²) < 4.78 is 37.1. The van der Waals surface area contributed by atoms with E-state index in [1.54, 1.807) is 19.9 Å². The van der Waals surface area contributed by atoms with Gasteiger partial charge in [0, 0.05) is 6.54 Å². The van der Waals surface area contributed by atoms with Crippen molar-refractivity contribution < 1.29 is 22.7 Å². The largest absolute Gasteiger partial charge is 0.496 e. The molecule has 0 atom stereocenters. The Hall–Kier alpha value is -1.60. The number of ether oxygens (including phenoxy) is 2. The van der Waals surface area contributed by atoms with Gasteiger partial charge in [0.05, 0.1) is 25.0 Å². The van der Waals surface area contributed by atoms with Gasteiger partial charge in [0.2, 0.25) is 10.0 Å². The van der Waals surface area contributed by atoms with Crippen molar-refractivity contribution in [2.24, 2.45) is 0 Å². The monoisotopic (exact) mass is 329 g/mol. The third-order valence-electron chi connectivity index (χ3n) is 3.29. The maximum Gasteiger partial charge on any atom is 0.307 e. The number of rotatable bonds is 8. The lowest BCUT2D eigenvalue weighted by Gasteiger charge is -2.13. The molecule has 0 aliphatic rings. The third kappa shape index (κ3) is 4.71. The Bertz CT molecular complexity index is 625. The summed E-state index contributed by atoms with van der Waals surface area (Å²) in [5.41, 5.74) is 1.40. The number of carbonyl (C=O) groups excluding carboxylic acids is 1. The van der Waals surface area contributed by atoms with Crippen LogP contribution in [0.2, 0.25) is 0 Å². The van der Waals surface area contributed by atoms with Crippen LogP contribution >= 0.6 is 0 Å². The predicted molar refractivity (Wildman–Crippen MR) is 83.5 cm³/mol. The summed E-state index contributed by atoms with van der Waals surface area (Å²) in [5, 5.41) is 0. The van der Waals surface area contributed by atoms with Gasteiger partial charge in [-0.05, 0) is 43.5 Å². The molecule has 1 aromatic carbocycles. The molecule has 0 radical (unpaired) electrons. The van der Waals surface area contributed by atoms with Crippen LogP contribution in [-0.2, 0) is 19.6 Å². The zero-order valence-electron chi connectivity index (χ0n) is 13.4. The minimum absolute atomic E-state index is 0.00736. The van der Waals surface area contributed by atoms with Crippen LogP contribution in [0.25, 0.3) is 0 Å². The highest BCUT2D eigenvalue weighted by atomic mass is 32.2. The molecular formula is C15H23NO5S. The highest BCUT2D eigenvalue weighted by Crippen LogP contribution is 2.26. The maximum atomic E-state index is 12.3. The van der Waals surface area contributed by atoms with Crippen molar-refractivity contribution in [1.82, 2.24) is 4.72 Å². The Morgan fingerprint density at radius 3 is 2.50 bits per heavy atom. The standard InChI is InChI=1S/C15H23NO5S/c1-5-10-21-15(17)8-9-16-22(18,19)14-7-6-13(20-4)11(2)12(14)3/h6-7,16H,5,8-10H2,1-4H3. The first-order valence-electron chi connectivity index (χ1n) is 7.13. The first kappa shape index (κ1) is 18.4. The van der Waals surface area contributed by atoms with Gasteiger partial charge in [0.15, 0.2) is 0 Å². The smallest absolute Gasteiger partial charge is 0.307 e. The van der Waals surface area contributed by atoms with Crippen LogP contribution in [0.15, 0.2) is 17.0 Å². The van der Waals surface area contributed by atoms with E-state index < -0.39 is 16.0 Å². The second kappa shape index (κ2) is 8.14. The molecule has 0 aliphatic heterocycles. The summed E-state index contributed by atoms with van der Waals surface area (Å²) in [6.45, 7) is 5.78. The van der Waals surface area contributed by atoms with E-state index in [4.69, 9.17) is 9.47 Å². The summed E-state index contributed by atoms with van der Waals surface area (Å²) >= 11 is 0. The number of nitrogens with one attached hydrogen (secondary N) is 1. The zero-order chi connectivity index (χ0) is 16.8. The lowest BCUT2D eigenvalue weighted by molar-refractivity contribution is -0.143. The van der Waals surface area contributed by atoms with Gasteiger partial charge in [0.25, 0.3) is 0 Å². The number of hydrogen-bond acceptors (Lipinski definition) is 5. The molecule has 0 unspecified atom stereocenters. The number of methoxy groups -OCH3 is 1. The van der Waals surface area contributed by atoms with Crippen molar-refractivity contribution in [3.05, 3.63) is 23.3 Å². The molecule has 124 valence electrons. The molecule has 0 bridgehead atoms. The average molecular weight is 329 g/mol. The van der Waals surface area contributed by atoms with Crippen molar-refractivity contribution in [2.45, 2.75) is 38.5 Å². The summed E-state index contributed by atoms with van der Waals surface area (Å²) in [6.07, 6.45) is 0.745. The van der Waals surface area contributed by atoms with E-state index in [1.165, 1.54) is 13.2 Å². The first-order chi connectivity index (χ1) is 10.3. The van der Waals surface area contributed by atoms with Gasteiger partial charge in [-0.25, -0.2) is 13.1 Å². The molecule has 0 saturated heterocycles. The Kier molecular flexibility index (Phi) is 6.83. The Balaban J connectivity index is 2.75. The van der Waals surface area contributed by atoms with Crippen LogP contribution in [0.1, 0.15) is 30.9 Å². The molecular weight excluding hydrogens is 306 g/mol. The van der Waals surface area contributed by atoms with Gasteiger partial charge < -0.3 is 9.47 Å². The summed E-state index contributed by atoms with van der Waals surface area (Å²) in [5.74, 6) is 0.228. The van der Waals surface area contributed by atoms with Crippen LogP contribution < -0.4 is 9.46 Å². The second-order valence-corrected chi connectivity index (χ2v) is 6.62. The fraction of sp³-hybridized carbons (Fsp3) is 0.533. The Morgan fingerprint density at radius 2 is 1.91 bits per heavy atom. The molecule has 1 aromatic rings.